The number of hydrogen-bond acceptors (Lipinski definition) is 6. The minimum Gasteiger partial charge on any atom is -0.497 e. The van der Waals surface area contributed by atoms with Gasteiger partial charge in [-0.1, -0.05) is 42.5 Å². The van der Waals surface area contributed by atoms with Gasteiger partial charge in [0.1, 0.15) is 11.6 Å². The van der Waals surface area contributed by atoms with Crippen molar-refractivity contribution < 1.29 is 14.2 Å². The molecule has 2 N–H and O–H groups in total. The average molecular weight is 431 g/mol. The standard InChI is InChI=1S/C25H25N3O4/c1-30-18-11-9-17(10-12-18)24(16-7-5-4-6-8-16)26-15-23-27-20-14-22(32-3)21(31-2)13-19(20)25(29)28-23/h4-14,24,26H,15H2,1-3H3,(H,27,28,29). The molecule has 164 valence electrons. The number of ether oxygens (including phenoxy) is 3. The number of hydrogen-bond donors (Lipinski definition) is 2. The fourth-order valence-electron chi connectivity index (χ4n) is 3.67. The first-order chi connectivity index (χ1) is 15.6. The molecule has 0 aliphatic rings. The molecule has 0 saturated carbocycles. The largest absolute Gasteiger partial charge is 0.497 e. The number of methoxy groups -OCH3 is 3. The Morgan fingerprint density at radius 2 is 1.53 bits per heavy atom. The molecule has 4 aromatic rings. The van der Waals surface area contributed by atoms with Gasteiger partial charge in [0, 0.05) is 6.07 Å². The van der Waals surface area contributed by atoms with E-state index < -0.39 is 0 Å². The molecule has 4 rings (SSSR count). The molecule has 0 aliphatic carbocycles. The highest BCUT2D eigenvalue weighted by atomic mass is 16.5. The van der Waals surface area contributed by atoms with Crippen molar-refractivity contribution in [1.29, 1.82) is 0 Å². The van der Waals surface area contributed by atoms with Gasteiger partial charge >= 0.3 is 0 Å². The molecule has 1 unspecified atom stereocenters. The summed E-state index contributed by atoms with van der Waals surface area (Å²) < 4.78 is 15.9. The lowest BCUT2D eigenvalue weighted by Crippen LogP contribution is -2.25. The molecular formula is C25H25N3O4. The lowest BCUT2D eigenvalue weighted by molar-refractivity contribution is 0.355. The van der Waals surface area contributed by atoms with Crippen LogP contribution in [0.2, 0.25) is 0 Å². The quantitative estimate of drug-likeness (QED) is 0.441. The van der Waals surface area contributed by atoms with Gasteiger partial charge in [-0.15, -0.1) is 0 Å². The number of nitrogens with zero attached hydrogens (tertiary/aromatic N) is 1. The van der Waals surface area contributed by atoms with Crippen LogP contribution in [-0.2, 0) is 6.54 Å². The molecule has 0 saturated heterocycles. The van der Waals surface area contributed by atoms with Crippen molar-refractivity contribution >= 4 is 10.9 Å². The van der Waals surface area contributed by atoms with E-state index in [-0.39, 0.29) is 11.6 Å². The molecule has 0 aliphatic heterocycles. The summed E-state index contributed by atoms with van der Waals surface area (Å²) in [6.45, 7) is 0.366. The number of benzene rings is 3. The van der Waals surface area contributed by atoms with Crippen LogP contribution in [0.4, 0.5) is 0 Å². The maximum Gasteiger partial charge on any atom is 0.258 e. The number of aromatic amines is 1. The van der Waals surface area contributed by atoms with Crippen LogP contribution in [0.25, 0.3) is 10.9 Å². The average Bonchev–Trinajstić information content (AvgIpc) is 2.84. The summed E-state index contributed by atoms with van der Waals surface area (Å²) in [5, 5.41) is 3.97. The molecule has 0 radical (unpaired) electrons. The molecule has 3 aromatic carbocycles. The van der Waals surface area contributed by atoms with Crippen LogP contribution in [0.15, 0.2) is 71.5 Å². The van der Waals surface area contributed by atoms with Gasteiger partial charge in [0.25, 0.3) is 5.56 Å². The summed E-state index contributed by atoms with van der Waals surface area (Å²) in [6.07, 6.45) is 0. The Bertz CT molecular complexity index is 1250. The summed E-state index contributed by atoms with van der Waals surface area (Å²) in [5.74, 6) is 2.34. The Kier molecular flexibility index (Phi) is 6.37. The van der Waals surface area contributed by atoms with Gasteiger partial charge in [0.2, 0.25) is 0 Å². The number of H-pyrrole nitrogens is 1. The number of rotatable bonds is 8. The van der Waals surface area contributed by atoms with E-state index in [4.69, 9.17) is 14.2 Å². The van der Waals surface area contributed by atoms with Gasteiger partial charge in [-0.25, -0.2) is 4.98 Å². The van der Waals surface area contributed by atoms with Gasteiger partial charge in [-0.3, -0.25) is 10.1 Å². The van der Waals surface area contributed by atoms with E-state index in [1.54, 1.807) is 26.4 Å². The minimum atomic E-state index is -0.228. The normalized spacial score (nSPS) is 11.8. The molecular weight excluding hydrogens is 406 g/mol. The van der Waals surface area contributed by atoms with Crippen molar-refractivity contribution in [3.8, 4) is 17.2 Å². The fourth-order valence-corrected chi connectivity index (χ4v) is 3.67. The Balaban J connectivity index is 1.65. The third kappa shape index (κ3) is 4.43. The van der Waals surface area contributed by atoms with E-state index in [1.165, 1.54) is 7.11 Å². The van der Waals surface area contributed by atoms with Gasteiger partial charge in [-0.2, -0.15) is 0 Å². The van der Waals surface area contributed by atoms with Crippen LogP contribution >= 0.6 is 0 Å². The predicted molar refractivity (Wildman–Crippen MR) is 124 cm³/mol. The van der Waals surface area contributed by atoms with Gasteiger partial charge < -0.3 is 19.2 Å². The molecule has 32 heavy (non-hydrogen) atoms. The molecule has 1 heterocycles. The lowest BCUT2D eigenvalue weighted by atomic mass is 9.98. The van der Waals surface area contributed by atoms with Gasteiger partial charge in [0.05, 0.1) is 44.8 Å². The molecule has 7 nitrogen and oxygen atoms in total. The fraction of sp³-hybridized carbons (Fsp3) is 0.200. The first-order valence-corrected chi connectivity index (χ1v) is 10.2. The summed E-state index contributed by atoms with van der Waals surface area (Å²) in [4.78, 5) is 20.2. The second-order valence-corrected chi connectivity index (χ2v) is 7.23. The van der Waals surface area contributed by atoms with Crippen molar-refractivity contribution in [2.45, 2.75) is 12.6 Å². The zero-order valence-electron chi connectivity index (χ0n) is 18.2. The molecule has 7 heteroatoms. The van der Waals surface area contributed by atoms with Crippen molar-refractivity contribution in [2.75, 3.05) is 21.3 Å². The third-order valence-corrected chi connectivity index (χ3v) is 5.32. The Labute approximate surface area is 186 Å². The van der Waals surface area contributed by atoms with E-state index in [0.717, 1.165) is 16.9 Å². The minimum absolute atomic E-state index is 0.0893. The highest BCUT2D eigenvalue weighted by Gasteiger charge is 2.16. The van der Waals surface area contributed by atoms with Crippen molar-refractivity contribution in [1.82, 2.24) is 15.3 Å². The zero-order valence-corrected chi connectivity index (χ0v) is 18.2. The maximum absolute atomic E-state index is 12.7. The smallest absolute Gasteiger partial charge is 0.258 e. The number of nitrogens with one attached hydrogen (secondary N) is 2. The van der Waals surface area contributed by atoms with E-state index in [9.17, 15) is 4.79 Å². The van der Waals surface area contributed by atoms with Gasteiger partial charge in [0.15, 0.2) is 11.5 Å². The molecule has 1 aromatic heterocycles. The third-order valence-electron chi connectivity index (χ3n) is 5.32. The molecule has 1 atom stereocenters. The molecule has 0 bridgehead atoms. The van der Waals surface area contributed by atoms with Crippen LogP contribution in [0.3, 0.4) is 0 Å². The van der Waals surface area contributed by atoms with E-state index in [0.29, 0.717) is 34.8 Å². The molecule has 0 amide bonds. The Morgan fingerprint density at radius 1 is 0.875 bits per heavy atom. The SMILES string of the molecule is COc1ccc(C(NCc2nc3cc(OC)c(OC)cc3c(=O)[nH]2)c2ccccc2)cc1. The highest BCUT2D eigenvalue weighted by Crippen LogP contribution is 2.30. The summed E-state index contributed by atoms with van der Waals surface area (Å²) in [6, 6.07) is 21.3. The second-order valence-electron chi connectivity index (χ2n) is 7.23. The van der Waals surface area contributed by atoms with Gasteiger partial charge in [-0.05, 0) is 29.3 Å². The number of fused-ring (bicyclic) bond motifs is 1. The van der Waals surface area contributed by atoms with Crippen LogP contribution in [0.1, 0.15) is 23.0 Å². The Morgan fingerprint density at radius 3 is 2.19 bits per heavy atom. The van der Waals surface area contributed by atoms with Crippen molar-refractivity contribution in [3.63, 3.8) is 0 Å². The first-order valence-electron chi connectivity index (χ1n) is 10.2. The van der Waals surface area contributed by atoms with E-state index >= 15 is 0 Å². The summed E-state index contributed by atoms with van der Waals surface area (Å²) in [7, 11) is 4.74. The summed E-state index contributed by atoms with van der Waals surface area (Å²) >= 11 is 0. The van der Waals surface area contributed by atoms with Crippen molar-refractivity contribution in [2.24, 2.45) is 0 Å². The highest BCUT2D eigenvalue weighted by molar-refractivity contribution is 5.81. The summed E-state index contributed by atoms with van der Waals surface area (Å²) in [5.41, 5.74) is 2.50. The topological polar surface area (TPSA) is 85.5 Å². The van der Waals surface area contributed by atoms with E-state index in [1.807, 2.05) is 42.5 Å². The molecule has 0 fully saturated rings. The Hall–Kier alpha value is -3.84. The van der Waals surface area contributed by atoms with Crippen LogP contribution < -0.4 is 25.1 Å². The van der Waals surface area contributed by atoms with Crippen LogP contribution in [-0.4, -0.2) is 31.3 Å². The second kappa shape index (κ2) is 9.53. The van der Waals surface area contributed by atoms with E-state index in [2.05, 4.69) is 27.4 Å². The van der Waals surface area contributed by atoms with Crippen molar-refractivity contribution in [3.05, 3.63) is 94.0 Å². The lowest BCUT2D eigenvalue weighted by Gasteiger charge is -2.20. The van der Waals surface area contributed by atoms with Crippen LogP contribution in [0, 0.1) is 0 Å². The number of aromatic nitrogens is 2. The predicted octanol–water partition coefficient (Wildman–Crippen LogP) is 3.83. The monoisotopic (exact) mass is 431 g/mol. The first kappa shape index (κ1) is 21.4. The zero-order chi connectivity index (χ0) is 22.5. The maximum atomic E-state index is 12.7. The van der Waals surface area contributed by atoms with Crippen LogP contribution in [0.5, 0.6) is 17.2 Å². The molecule has 0 spiro atoms.